The molecule has 0 unspecified atom stereocenters. The Morgan fingerprint density at radius 2 is 1.91 bits per heavy atom. The quantitative estimate of drug-likeness (QED) is 0.267. The van der Waals surface area contributed by atoms with Crippen LogP contribution in [-0.2, 0) is 11.3 Å². The Balaban J connectivity index is 1.60. The summed E-state index contributed by atoms with van der Waals surface area (Å²) < 4.78 is 41.9. The van der Waals surface area contributed by atoms with E-state index in [1.165, 1.54) is 18.2 Å². The first-order valence-electron chi connectivity index (χ1n) is 10.9. The van der Waals surface area contributed by atoms with Crippen LogP contribution in [0.3, 0.4) is 0 Å². The standard InChI is InChI=1S/C21H25F3N6O5/c22-21(23,24)35-17-4-2-1-3-14(17)10-27-20-28-11-16(30(33)34)19(29-20)26-9-13-5-7-15(8-6-13)25-12-18(31)32/h1-4,11,13,15,25H,5-10,12H2,(H,31,32)(H2,26,27,28,29)/t13-,15-. The molecule has 1 aromatic carbocycles. The molecule has 190 valence electrons. The Hall–Kier alpha value is -3.68. The molecule has 4 N–H and O–H groups in total. The van der Waals surface area contributed by atoms with Crippen molar-refractivity contribution in [3.63, 3.8) is 0 Å². The SMILES string of the molecule is O=C(O)CN[C@H]1CC[C@H](CNc2nc(NCc3ccccc3OC(F)(F)F)ncc2[N+](=O)[O-])CC1. The molecule has 0 bridgehead atoms. The maximum absolute atomic E-state index is 12.6. The van der Waals surface area contributed by atoms with Gasteiger partial charge in [0.2, 0.25) is 11.8 Å². The van der Waals surface area contributed by atoms with Crippen LogP contribution in [0.1, 0.15) is 31.2 Å². The number of aromatic nitrogens is 2. The van der Waals surface area contributed by atoms with E-state index in [1.807, 2.05) is 0 Å². The maximum Gasteiger partial charge on any atom is 0.573 e. The third-order valence-electron chi connectivity index (χ3n) is 5.55. The number of rotatable bonds is 11. The summed E-state index contributed by atoms with van der Waals surface area (Å²) >= 11 is 0. The molecular formula is C21H25F3N6O5. The molecule has 0 saturated heterocycles. The summed E-state index contributed by atoms with van der Waals surface area (Å²) in [5, 5.41) is 28.9. The Morgan fingerprint density at radius 3 is 2.57 bits per heavy atom. The number of nitro groups is 1. The lowest BCUT2D eigenvalue weighted by Crippen LogP contribution is -2.37. The number of benzene rings is 1. The monoisotopic (exact) mass is 498 g/mol. The second kappa shape index (κ2) is 11.6. The van der Waals surface area contributed by atoms with Crippen molar-refractivity contribution >= 4 is 23.4 Å². The summed E-state index contributed by atoms with van der Waals surface area (Å²) in [5.74, 6) is -1.07. The van der Waals surface area contributed by atoms with Crippen molar-refractivity contribution < 1.29 is 32.7 Å². The van der Waals surface area contributed by atoms with Gasteiger partial charge in [-0.05, 0) is 37.7 Å². The number of hydrogen-bond donors (Lipinski definition) is 4. The number of nitrogens with zero attached hydrogens (tertiary/aromatic N) is 3. The summed E-state index contributed by atoms with van der Waals surface area (Å²) in [4.78, 5) is 29.5. The molecule has 0 radical (unpaired) electrons. The van der Waals surface area contributed by atoms with Gasteiger partial charge >= 0.3 is 18.0 Å². The van der Waals surface area contributed by atoms with Crippen LogP contribution in [0, 0.1) is 16.0 Å². The van der Waals surface area contributed by atoms with E-state index in [1.54, 1.807) is 6.07 Å². The Morgan fingerprint density at radius 1 is 1.20 bits per heavy atom. The molecule has 3 rings (SSSR count). The highest BCUT2D eigenvalue weighted by atomic mass is 19.4. The first-order valence-corrected chi connectivity index (χ1v) is 10.9. The van der Waals surface area contributed by atoms with Crippen molar-refractivity contribution in [2.45, 2.75) is 44.6 Å². The van der Waals surface area contributed by atoms with Gasteiger partial charge in [-0.3, -0.25) is 14.9 Å². The normalized spacial score (nSPS) is 18.0. The summed E-state index contributed by atoms with van der Waals surface area (Å²) in [6, 6.07) is 5.71. The van der Waals surface area contributed by atoms with Crippen molar-refractivity contribution in [2.75, 3.05) is 23.7 Å². The summed E-state index contributed by atoms with van der Waals surface area (Å²) in [6.07, 6.45) is -0.616. The van der Waals surface area contributed by atoms with Crippen LogP contribution in [0.15, 0.2) is 30.5 Å². The number of nitrogens with one attached hydrogen (secondary N) is 3. The smallest absolute Gasteiger partial charge is 0.480 e. The van der Waals surface area contributed by atoms with Crippen LogP contribution in [0.25, 0.3) is 0 Å². The van der Waals surface area contributed by atoms with Crippen molar-refractivity contribution in [1.82, 2.24) is 15.3 Å². The van der Waals surface area contributed by atoms with Crippen LogP contribution >= 0.6 is 0 Å². The number of carboxylic acid groups (broad SMARTS) is 1. The number of alkyl halides is 3. The molecule has 2 aromatic rings. The highest BCUT2D eigenvalue weighted by Crippen LogP contribution is 2.29. The molecule has 0 amide bonds. The number of para-hydroxylation sites is 1. The molecule has 1 saturated carbocycles. The van der Waals surface area contributed by atoms with E-state index in [-0.39, 0.29) is 53.8 Å². The molecular weight excluding hydrogens is 473 g/mol. The van der Waals surface area contributed by atoms with Crippen molar-refractivity contribution in [3.8, 4) is 5.75 Å². The van der Waals surface area contributed by atoms with Gasteiger partial charge in [-0.15, -0.1) is 13.2 Å². The zero-order valence-corrected chi connectivity index (χ0v) is 18.5. The predicted molar refractivity (Wildman–Crippen MR) is 119 cm³/mol. The van der Waals surface area contributed by atoms with Crippen LogP contribution in [0.4, 0.5) is 30.6 Å². The van der Waals surface area contributed by atoms with Gasteiger partial charge in [-0.25, -0.2) is 4.98 Å². The number of carboxylic acids is 1. The highest BCUT2D eigenvalue weighted by molar-refractivity contribution is 5.69. The third-order valence-corrected chi connectivity index (χ3v) is 5.55. The second-order valence-corrected chi connectivity index (χ2v) is 8.07. The maximum atomic E-state index is 12.6. The molecule has 35 heavy (non-hydrogen) atoms. The van der Waals surface area contributed by atoms with Gasteiger partial charge in [-0.1, -0.05) is 18.2 Å². The van der Waals surface area contributed by atoms with E-state index in [0.717, 1.165) is 31.9 Å². The first kappa shape index (κ1) is 25.9. The summed E-state index contributed by atoms with van der Waals surface area (Å²) in [7, 11) is 0. The van der Waals surface area contributed by atoms with Crippen LogP contribution in [-0.4, -0.2) is 51.5 Å². The summed E-state index contributed by atoms with van der Waals surface area (Å²) in [5.41, 5.74) is -0.122. The molecule has 0 spiro atoms. The van der Waals surface area contributed by atoms with Gasteiger partial charge in [0.1, 0.15) is 11.9 Å². The number of hydrogen-bond acceptors (Lipinski definition) is 9. The van der Waals surface area contributed by atoms with Crippen molar-refractivity contribution in [1.29, 1.82) is 0 Å². The Bertz CT molecular complexity index is 1030. The largest absolute Gasteiger partial charge is 0.573 e. The zero-order valence-electron chi connectivity index (χ0n) is 18.5. The third kappa shape index (κ3) is 8.24. The Kier molecular flexibility index (Phi) is 8.63. The molecule has 14 heteroatoms. The molecule has 1 aliphatic carbocycles. The van der Waals surface area contributed by atoms with E-state index in [9.17, 15) is 28.1 Å². The number of ether oxygens (including phenoxy) is 1. The van der Waals surface area contributed by atoms with Gasteiger partial charge in [0, 0.05) is 24.7 Å². The Labute approximate surface area is 198 Å². The van der Waals surface area contributed by atoms with Crippen LogP contribution in [0.5, 0.6) is 5.75 Å². The molecule has 0 aliphatic heterocycles. The molecule has 1 aromatic heterocycles. The fraction of sp³-hybridized carbons (Fsp3) is 0.476. The van der Waals surface area contributed by atoms with E-state index >= 15 is 0 Å². The second-order valence-electron chi connectivity index (χ2n) is 8.07. The van der Waals surface area contributed by atoms with Crippen LogP contribution in [0.2, 0.25) is 0 Å². The van der Waals surface area contributed by atoms with E-state index in [4.69, 9.17) is 5.11 Å². The minimum absolute atomic E-state index is 0.00138. The lowest BCUT2D eigenvalue weighted by Gasteiger charge is -2.29. The fourth-order valence-electron chi connectivity index (χ4n) is 3.82. The van der Waals surface area contributed by atoms with Crippen molar-refractivity contribution in [2.24, 2.45) is 5.92 Å². The van der Waals surface area contributed by atoms with Crippen molar-refractivity contribution in [3.05, 3.63) is 46.1 Å². The van der Waals surface area contributed by atoms with Gasteiger partial charge < -0.3 is 25.8 Å². The lowest BCUT2D eigenvalue weighted by molar-refractivity contribution is -0.384. The average molecular weight is 498 g/mol. The average Bonchev–Trinajstić information content (AvgIpc) is 2.80. The number of carbonyl (C=O) groups is 1. The van der Waals surface area contributed by atoms with Gasteiger partial charge in [0.15, 0.2) is 0 Å². The van der Waals surface area contributed by atoms with Crippen LogP contribution < -0.4 is 20.7 Å². The van der Waals surface area contributed by atoms with E-state index in [0.29, 0.717) is 6.54 Å². The lowest BCUT2D eigenvalue weighted by atomic mass is 9.86. The highest BCUT2D eigenvalue weighted by Gasteiger charge is 2.32. The van der Waals surface area contributed by atoms with E-state index in [2.05, 4.69) is 30.7 Å². The minimum atomic E-state index is -4.84. The molecule has 0 atom stereocenters. The molecule has 1 fully saturated rings. The van der Waals surface area contributed by atoms with E-state index < -0.39 is 17.3 Å². The predicted octanol–water partition coefficient (Wildman–Crippen LogP) is 3.54. The molecule has 1 aliphatic rings. The topological polar surface area (TPSA) is 152 Å². The number of halogens is 3. The number of aliphatic carboxylic acids is 1. The number of anilines is 2. The van der Waals surface area contributed by atoms with Gasteiger partial charge in [0.05, 0.1) is 11.5 Å². The van der Waals surface area contributed by atoms with Gasteiger partial charge in [-0.2, -0.15) is 4.98 Å². The summed E-state index contributed by atoms with van der Waals surface area (Å²) in [6.45, 7) is 0.228. The minimum Gasteiger partial charge on any atom is -0.480 e. The fourth-order valence-corrected chi connectivity index (χ4v) is 3.82. The molecule has 1 heterocycles. The molecule has 11 nitrogen and oxygen atoms in total. The first-order chi connectivity index (χ1) is 16.6. The van der Waals surface area contributed by atoms with Gasteiger partial charge in [0.25, 0.3) is 0 Å². The zero-order chi connectivity index (χ0) is 25.4.